The van der Waals surface area contributed by atoms with E-state index in [1.54, 1.807) is 34.8 Å². The third kappa shape index (κ3) is 10.9. The molecule has 2 aliphatic heterocycles. The molecule has 20 heteroatoms. The zero-order valence-electron chi connectivity index (χ0n) is 41.1. The van der Waals surface area contributed by atoms with Crippen LogP contribution in [0.3, 0.4) is 0 Å². The van der Waals surface area contributed by atoms with Crippen molar-refractivity contribution in [2.24, 2.45) is 10.4 Å². The lowest BCUT2D eigenvalue weighted by molar-refractivity contribution is -0.144. The summed E-state index contributed by atoms with van der Waals surface area (Å²) in [5, 5.41) is 30.0. The Bertz CT molecular complexity index is 3010. The second kappa shape index (κ2) is 20.9. The van der Waals surface area contributed by atoms with Crippen LogP contribution in [0.2, 0.25) is 5.02 Å². The van der Waals surface area contributed by atoms with Crippen LogP contribution in [0.15, 0.2) is 77.4 Å². The molecule has 0 radical (unpaired) electrons. The van der Waals surface area contributed by atoms with Gasteiger partial charge in [0.1, 0.15) is 40.8 Å². The van der Waals surface area contributed by atoms with E-state index in [0.717, 1.165) is 59.8 Å². The number of nitrogens with one attached hydrogen (secondary N) is 3. The molecule has 4 amide bonds. The van der Waals surface area contributed by atoms with Gasteiger partial charge in [-0.2, -0.15) is 0 Å². The van der Waals surface area contributed by atoms with Crippen LogP contribution >= 0.6 is 34.3 Å². The summed E-state index contributed by atoms with van der Waals surface area (Å²) in [5.74, 6) is 0.440. The molecule has 0 spiro atoms. The molecule has 1 saturated heterocycles. The summed E-state index contributed by atoms with van der Waals surface area (Å²) in [6, 6.07) is 16.1. The van der Waals surface area contributed by atoms with E-state index < -0.39 is 48.1 Å². The molecule has 72 heavy (non-hydrogen) atoms. The summed E-state index contributed by atoms with van der Waals surface area (Å²) in [7, 11) is 0. The Labute approximate surface area is 430 Å². The largest absolute Gasteiger partial charge is 0.482 e. The third-order valence-electron chi connectivity index (χ3n) is 13.3. The predicted molar refractivity (Wildman–Crippen MR) is 275 cm³/mol. The topological polar surface area (TPSA) is 215 Å². The van der Waals surface area contributed by atoms with Crippen molar-refractivity contribution in [3.63, 3.8) is 0 Å². The molecule has 2 fully saturated rings. The van der Waals surface area contributed by atoms with Crippen molar-refractivity contribution < 1.29 is 33.8 Å². The molecule has 9 rings (SSSR count). The van der Waals surface area contributed by atoms with Gasteiger partial charge in [0.15, 0.2) is 12.4 Å². The summed E-state index contributed by atoms with van der Waals surface area (Å²) in [4.78, 5) is 72.1. The molecule has 6 heterocycles. The zero-order chi connectivity index (χ0) is 51.0. The number of aromatic nitrogens is 5. The Morgan fingerprint density at radius 1 is 0.917 bits per heavy atom. The number of aliphatic hydroxyl groups is 1. The standard InChI is InChI=1S/C52H57ClN10O7S2/c1-27-29(3)72-51-44(27)45(32-12-14-34(53)15-13-32)58-39(48-61-60-30(4)63(48)51)21-41(65)57-35-18-38(19-35)70-43-17-16-37(23-54-43)69-25-42(66)59-47(52(5,6)7)50(68)62-24-36(64)20-40(62)49(67)55-22-31-8-10-33(11-9-31)46-28(2)56-26-71-46/h8-17,23,26,35-36,38-40,47,64H,18-22,24-25H2,1-7H3,(H,55,67)(H,57,65)(H,59,66)/t35-,36-,38-,39+,40+,47?/m1/s1. The maximum absolute atomic E-state index is 14.1. The Morgan fingerprint density at radius 2 is 1.65 bits per heavy atom. The van der Waals surface area contributed by atoms with E-state index in [1.807, 2.05) is 93.2 Å². The fourth-order valence-electron chi connectivity index (χ4n) is 9.20. The first-order valence-electron chi connectivity index (χ1n) is 23.9. The number of benzene rings is 2. The third-order valence-corrected chi connectivity index (χ3v) is 15.7. The number of thiazole rings is 1. The maximum Gasteiger partial charge on any atom is 0.258 e. The molecule has 4 N–H and O–H groups in total. The van der Waals surface area contributed by atoms with Gasteiger partial charge < -0.3 is 35.4 Å². The lowest BCUT2D eigenvalue weighted by Gasteiger charge is -2.35. The molecule has 1 unspecified atom stereocenters. The number of aliphatic hydroxyl groups excluding tert-OH is 1. The normalized spacial score (nSPS) is 19.8. The van der Waals surface area contributed by atoms with Gasteiger partial charge in [-0.05, 0) is 68.0 Å². The van der Waals surface area contributed by atoms with Crippen molar-refractivity contribution in [3.05, 3.63) is 122 Å². The van der Waals surface area contributed by atoms with E-state index in [9.17, 15) is 24.3 Å². The lowest BCUT2D eigenvalue weighted by Crippen LogP contribution is -2.58. The number of hydrogen-bond donors (Lipinski definition) is 4. The van der Waals surface area contributed by atoms with Gasteiger partial charge in [-0.3, -0.25) is 28.7 Å². The summed E-state index contributed by atoms with van der Waals surface area (Å²) in [6.07, 6.45) is 1.70. The monoisotopic (exact) mass is 1030 g/mol. The first-order valence-corrected chi connectivity index (χ1v) is 25.9. The average Bonchev–Trinajstić information content (AvgIpc) is 4.11. The van der Waals surface area contributed by atoms with Crippen molar-refractivity contribution in [3.8, 4) is 27.1 Å². The highest BCUT2D eigenvalue weighted by atomic mass is 35.5. The molecule has 4 atom stereocenters. The minimum absolute atomic E-state index is 0.0415. The average molecular weight is 1030 g/mol. The Kier molecular flexibility index (Phi) is 14.6. The second-order valence-electron chi connectivity index (χ2n) is 19.6. The van der Waals surface area contributed by atoms with Crippen LogP contribution in [0.4, 0.5) is 0 Å². The summed E-state index contributed by atoms with van der Waals surface area (Å²) >= 11 is 9.48. The van der Waals surface area contributed by atoms with E-state index in [0.29, 0.717) is 35.3 Å². The van der Waals surface area contributed by atoms with Crippen LogP contribution in [0.5, 0.6) is 11.6 Å². The van der Waals surface area contributed by atoms with Gasteiger partial charge in [-0.15, -0.1) is 32.9 Å². The zero-order valence-corrected chi connectivity index (χ0v) is 43.5. The number of hydrogen-bond acceptors (Lipinski definition) is 14. The van der Waals surface area contributed by atoms with Gasteiger partial charge in [0.2, 0.25) is 23.6 Å². The van der Waals surface area contributed by atoms with E-state index in [2.05, 4.69) is 50.0 Å². The van der Waals surface area contributed by atoms with E-state index in [4.69, 9.17) is 26.1 Å². The summed E-state index contributed by atoms with van der Waals surface area (Å²) in [6.45, 7) is 13.3. The fourth-order valence-corrected chi connectivity index (χ4v) is 11.4. The van der Waals surface area contributed by atoms with Crippen molar-refractivity contribution >= 4 is 63.6 Å². The van der Waals surface area contributed by atoms with Crippen LogP contribution in [0, 0.1) is 33.1 Å². The first kappa shape index (κ1) is 50.4. The Balaban J connectivity index is 0.744. The molecule has 1 aliphatic carbocycles. The maximum atomic E-state index is 14.1. The van der Waals surface area contributed by atoms with Crippen molar-refractivity contribution in [1.82, 2.24) is 45.6 Å². The van der Waals surface area contributed by atoms with Crippen LogP contribution in [-0.2, 0) is 25.7 Å². The molecule has 3 aliphatic rings. The van der Waals surface area contributed by atoms with Gasteiger partial charge in [-0.25, -0.2) is 9.97 Å². The number of fused-ring (bicyclic) bond motifs is 3. The molecule has 0 bridgehead atoms. The number of carbonyl (C=O) groups excluding carboxylic acids is 4. The highest BCUT2D eigenvalue weighted by Gasteiger charge is 2.45. The number of pyridine rings is 1. The van der Waals surface area contributed by atoms with Crippen molar-refractivity contribution in [1.29, 1.82) is 0 Å². The van der Waals surface area contributed by atoms with Crippen LogP contribution in [0.25, 0.3) is 15.4 Å². The number of rotatable bonds is 15. The Morgan fingerprint density at radius 3 is 2.33 bits per heavy atom. The number of ether oxygens (including phenoxy) is 2. The Hall–Kier alpha value is -6.54. The molecule has 2 aromatic carbocycles. The molecule has 17 nitrogen and oxygen atoms in total. The summed E-state index contributed by atoms with van der Waals surface area (Å²) in [5.41, 5.74) is 7.74. The van der Waals surface area contributed by atoms with E-state index in [-0.39, 0.29) is 49.9 Å². The number of thiophene rings is 1. The number of carbonyl (C=O) groups is 4. The van der Waals surface area contributed by atoms with Crippen LogP contribution in [-0.4, -0.2) is 108 Å². The number of nitrogens with zero attached hydrogens (tertiary/aromatic N) is 7. The quantitative estimate of drug-likeness (QED) is 0.0828. The number of aryl methyl sites for hydroxylation is 3. The molecule has 1 saturated carbocycles. The number of amides is 4. The van der Waals surface area contributed by atoms with Crippen LogP contribution in [0.1, 0.15) is 97.0 Å². The number of likely N-dealkylation sites (tertiary alicyclic amines) is 1. The molecule has 6 aromatic rings. The molecular formula is C52H57ClN10O7S2. The molecular weight excluding hydrogens is 976 g/mol. The smallest absolute Gasteiger partial charge is 0.258 e. The van der Waals surface area contributed by atoms with Gasteiger partial charge >= 0.3 is 0 Å². The van der Waals surface area contributed by atoms with Gasteiger partial charge in [-0.1, -0.05) is 68.8 Å². The SMILES string of the molecule is Cc1ncsc1-c1ccc(CNC(=O)[C@@H]2C[C@@H](O)CN2C(=O)C(NC(=O)COc2ccc(O[C@H]3C[C@H](NC(=O)C[C@@H]4N=C(c5ccc(Cl)cc5)c5c(sc(C)c5C)-n5c(C)nnc54)C3)nc2)C(C)(C)C)cc1. The minimum atomic E-state index is -1.02. The van der Waals surface area contributed by atoms with Crippen LogP contribution < -0.4 is 25.4 Å². The second-order valence-corrected chi connectivity index (χ2v) is 22.1. The number of β-amino-alcohol motifs (C(OH)–C–C–N with tert-alkyl or cyclic N) is 1. The van der Waals surface area contributed by atoms with Gasteiger partial charge in [0, 0.05) is 65.5 Å². The summed E-state index contributed by atoms with van der Waals surface area (Å²) < 4.78 is 13.9. The number of aliphatic imine (C=N–C) groups is 1. The highest BCUT2D eigenvalue weighted by Crippen LogP contribution is 2.40. The van der Waals surface area contributed by atoms with Gasteiger partial charge in [0.05, 0.1) is 40.5 Å². The predicted octanol–water partition coefficient (Wildman–Crippen LogP) is 6.93. The van der Waals surface area contributed by atoms with Crippen molar-refractivity contribution in [2.45, 2.75) is 117 Å². The lowest BCUT2D eigenvalue weighted by atomic mass is 9.85. The van der Waals surface area contributed by atoms with E-state index in [1.165, 1.54) is 11.1 Å². The number of halogens is 1. The minimum Gasteiger partial charge on any atom is -0.482 e. The first-order chi connectivity index (χ1) is 34.4. The molecule has 376 valence electrons. The molecule has 4 aromatic heterocycles. The fraction of sp³-hybridized carbons (Fsp3) is 0.404. The highest BCUT2D eigenvalue weighted by molar-refractivity contribution is 7.15. The van der Waals surface area contributed by atoms with Crippen molar-refractivity contribution in [2.75, 3.05) is 13.2 Å². The van der Waals surface area contributed by atoms with E-state index >= 15 is 0 Å². The van der Waals surface area contributed by atoms with Gasteiger partial charge in [0.25, 0.3) is 5.91 Å².